The third-order valence-corrected chi connectivity index (χ3v) is 10.9. The first-order valence-electron chi connectivity index (χ1n) is 17.3. The number of guanidine groups is 1. The van der Waals surface area contributed by atoms with Crippen molar-refractivity contribution in [3.8, 4) is 0 Å². The summed E-state index contributed by atoms with van der Waals surface area (Å²) in [6, 6.07) is 21.2. The average Bonchev–Trinajstić information content (AvgIpc) is 3.04. The standard InChI is InChI=1S/C38H52Cl2N6O/c1-44(2)34(22-31-16-17-32(39)23-36(31)40)24-45-25-35(20-27-9-4-3-5-10-27)46(26-33(45)13-8-18-43-38(41)42)37(47)21-28-14-15-29-11-6-7-12-30(29)19-28/h6-7,11-12,14-17,19,23,27,33-35H,3-5,8-10,13,18,20-22,24-26H2,1-2H3,(H4,41,42,43)/t33-,34+,35+/m0/s1. The van der Waals surface area contributed by atoms with Gasteiger partial charge in [-0.2, -0.15) is 0 Å². The summed E-state index contributed by atoms with van der Waals surface area (Å²) in [6.07, 6.45) is 10.5. The van der Waals surface area contributed by atoms with Crippen LogP contribution in [0, 0.1) is 5.92 Å². The number of carbonyl (C=O) groups is 1. The van der Waals surface area contributed by atoms with Crippen molar-refractivity contribution in [2.75, 3.05) is 40.3 Å². The van der Waals surface area contributed by atoms with E-state index < -0.39 is 0 Å². The summed E-state index contributed by atoms with van der Waals surface area (Å²) >= 11 is 12.9. The third kappa shape index (κ3) is 10.1. The lowest BCUT2D eigenvalue weighted by molar-refractivity contribution is -0.138. The highest BCUT2D eigenvalue weighted by Gasteiger charge is 2.38. The Bertz CT molecular complexity index is 1500. The minimum absolute atomic E-state index is 0.123. The highest BCUT2D eigenvalue weighted by Crippen LogP contribution is 2.32. The molecule has 3 atom stereocenters. The van der Waals surface area contributed by atoms with Gasteiger partial charge in [0.2, 0.25) is 5.91 Å². The van der Waals surface area contributed by atoms with E-state index in [1.54, 1.807) is 0 Å². The van der Waals surface area contributed by atoms with Crippen LogP contribution in [0.1, 0.15) is 62.5 Å². The molecule has 3 aromatic rings. The Morgan fingerprint density at radius 1 is 0.957 bits per heavy atom. The highest BCUT2D eigenvalue weighted by molar-refractivity contribution is 6.35. The lowest BCUT2D eigenvalue weighted by atomic mass is 9.83. The molecule has 5 rings (SSSR count). The van der Waals surface area contributed by atoms with Crippen molar-refractivity contribution in [1.29, 1.82) is 0 Å². The Balaban J connectivity index is 1.39. The summed E-state index contributed by atoms with van der Waals surface area (Å²) < 4.78 is 0. The molecule has 4 N–H and O–H groups in total. The highest BCUT2D eigenvalue weighted by atomic mass is 35.5. The average molecular weight is 680 g/mol. The molecular weight excluding hydrogens is 627 g/mol. The minimum atomic E-state index is 0.123. The number of likely N-dealkylation sites (N-methyl/N-ethyl adjacent to an activating group) is 1. The van der Waals surface area contributed by atoms with Crippen LogP contribution in [-0.4, -0.2) is 85.0 Å². The summed E-state index contributed by atoms with van der Waals surface area (Å²) in [5, 5.41) is 3.73. The van der Waals surface area contributed by atoms with Gasteiger partial charge < -0.3 is 21.3 Å². The molecule has 254 valence electrons. The number of hydrogen-bond donors (Lipinski definition) is 2. The lowest BCUT2D eigenvalue weighted by Gasteiger charge is -2.49. The number of aliphatic imine (C=N–C) groups is 1. The molecule has 9 heteroatoms. The van der Waals surface area contributed by atoms with E-state index in [1.165, 1.54) is 42.9 Å². The van der Waals surface area contributed by atoms with Gasteiger partial charge >= 0.3 is 0 Å². The Morgan fingerprint density at radius 3 is 2.45 bits per heavy atom. The normalized spacial score (nSPS) is 20.1. The Hall–Kier alpha value is -2.84. The van der Waals surface area contributed by atoms with Crippen molar-refractivity contribution in [3.05, 3.63) is 81.8 Å². The molecule has 1 amide bonds. The molecule has 3 aromatic carbocycles. The molecule has 0 unspecified atom stereocenters. The number of carbonyl (C=O) groups excluding carboxylic acids is 1. The molecular formula is C38H52Cl2N6O. The van der Waals surface area contributed by atoms with E-state index in [4.69, 9.17) is 34.7 Å². The van der Waals surface area contributed by atoms with E-state index in [0.717, 1.165) is 49.9 Å². The number of nitrogens with zero attached hydrogens (tertiary/aromatic N) is 4. The first-order chi connectivity index (χ1) is 22.7. The fourth-order valence-electron chi connectivity index (χ4n) is 7.60. The Morgan fingerprint density at radius 2 is 1.72 bits per heavy atom. The number of amides is 1. The van der Waals surface area contributed by atoms with Crippen LogP contribution in [0.3, 0.4) is 0 Å². The van der Waals surface area contributed by atoms with Gasteiger partial charge in [-0.15, -0.1) is 0 Å². The zero-order chi connectivity index (χ0) is 33.3. The smallest absolute Gasteiger partial charge is 0.227 e. The largest absolute Gasteiger partial charge is 0.370 e. The van der Waals surface area contributed by atoms with Gasteiger partial charge in [-0.25, -0.2) is 0 Å². The number of halogens is 2. The van der Waals surface area contributed by atoms with Gasteiger partial charge in [0.15, 0.2) is 5.96 Å². The fraction of sp³-hybridized carbons (Fsp3) is 0.526. The predicted octanol–water partition coefficient (Wildman–Crippen LogP) is 6.77. The van der Waals surface area contributed by atoms with Gasteiger partial charge in [0.25, 0.3) is 0 Å². The summed E-state index contributed by atoms with van der Waals surface area (Å²) in [4.78, 5) is 25.7. The molecule has 7 nitrogen and oxygen atoms in total. The second-order valence-electron chi connectivity index (χ2n) is 13.9. The van der Waals surface area contributed by atoms with E-state index in [0.29, 0.717) is 35.5 Å². The van der Waals surface area contributed by atoms with Gasteiger partial charge in [-0.1, -0.05) is 104 Å². The maximum Gasteiger partial charge on any atom is 0.227 e. The Kier molecular flexibility index (Phi) is 12.8. The first-order valence-corrected chi connectivity index (χ1v) is 18.1. The van der Waals surface area contributed by atoms with Crippen LogP contribution in [0.4, 0.5) is 0 Å². The molecule has 0 spiro atoms. The molecule has 1 aliphatic carbocycles. The number of fused-ring (bicyclic) bond motifs is 1. The number of hydrogen-bond acceptors (Lipinski definition) is 4. The van der Waals surface area contributed by atoms with Crippen LogP contribution in [-0.2, 0) is 17.6 Å². The molecule has 2 aliphatic rings. The molecule has 2 fully saturated rings. The Labute approximate surface area is 291 Å². The molecule has 1 saturated heterocycles. The minimum Gasteiger partial charge on any atom is -0.370 e. The summed E-state index contributed by atoms with van der Waals surface area (Å²) in [5.41, 5.74) is 13.5. The van der Waals surface area contributed by atoms with Crippen LogP contribution in [0.5, 0.6) is 0 Å². The van der Waals surface area contributed by atoms with Gasteiger partial charge in [0.1, 0.15) is 0 Å². The third-order valence-electron chi connectivity index (χ3n) is 10.3. The number of piperazine rings is 1. The second kappa shape index (κ2) is 17.0. The van der Waals surface area contributed by atoms with E-state index in [9.17, 15) is 4.79 Å². The lowest BCUT2D eigenvalue weighted by Crippen LogP contribution is -2.62. The first kappa shape index (κ1) is 35.5. The van der Waals surface area contributed by atoms with E-state index >= 15 is 0 Å². The zero-order valence-corrected chi connectivity index (χ0v) is 29.6. The SMILES string of the molecule is CN(C)[C@H](Cc1ccc(Cl)cc1Cl)CN1C[C@@H](CC2CCCCC2)N(C(=O)Cc2ccc3ccccc3c2)C[C@@H]1CCCN=C(N)N. The van der Waals surface area contributed by atoms with Gasteiger partial charge in [-0.05, 0) is 79.7 Å². The zero-order valence-electron chi connectivity index (χ0n) is 28.1. The number of benzene rings is 3. The maximum absolute atomic E-state index is 14.3. The van der Waals surface area contributed by atoms with E-state index in [2.05, 4.69) is 76.3 Å². The summed E-state index contributed by atoms with van der Waals surface area (Å²) in [7, 11) is 4.29. The maximum atomic E-state index is 14.3. The molecule has 47 heavy (non-hydrogen) atoms. The molecule has 1 heterocycles. The van der Waals surface area contributed by atoms with Crippen molar-refractivity contribution in [2.45, 2.75) is 82.3 Å². The predicted molar refractivity (Wildman–Crippen MR) is 197 cm³/mol. The van der Waals surface area contributed by atoms with Gasteiger partial charge in [0, 0.05) is 54.3 Å². The molecule has 1 aliphatic heterocycles. The van der Waals surface area contributed by atoms with Gasteiger partial charge in [-0.3, -0.25) is 14.7 Å². The number of nitrogens with two attached hydrogens (primary N) is 2. The van der Waals surface area contributed by atoms with Crippen molar-refractivity contribution in [2.24, 2.45) is 22.4 Å². The second-order valence-corrected chi connectivity index (χ2v) is 14.8. The monoisotopic (exact) mass is 678 g/mol. The van der Waals surface area contributed by atoms with E-state index in [-0.39, 0.29) is 30.0 Å². The summed E-state index contributed by atoms with van der Waals surface area (Å²) in [5.74, 6) is 1.02. The van der Waals surface area contributed by atoms with E-state index in [1.807, 2.05) is 18.2 Å². The van der Waals surface area contributed by atoms with Crippen molar-refractivity contribution in [1.82, 2.24) is 14.7 Å². The van der Waals surface area contributed by atoms with Crippen molar-refractivity contribution in [3.63, 3.8) is 0 Å². The molecule has 0 bridgehead atoms. The van der Waals surface area contributed by atoms with Crippen LogP contribution in [0.15, 0.2) is 65.7 Å². The van der Waals surface area contributed by atoms with Crippen molar-refractivity contribution < 1.29 is 4.79 Å². The molecule has 1 saturated carbocycles. The van der Waals surface area contributed by atoms with Crippen LogP contribution < -0.4 is 11.5 Å². The fourth-order valence-corrected chi connectivity index (χ4v) is 8.09. The molecule has 0 radical (unpaired) electrons. The van der Waals surface area contributed by atoms with Crippen LogP contribution in [0.25, 0.3) is 10.8 Å². The van der Waals surface area contributed by atoms with Crippen LogP contribution in [0.2, 0.25) is 10.0 Å². The van der Waals surface area contributed by atoms with Crippen molar-refractivity contribution >= 4 is 45.8 Å². The quantitative estimate of drug-likeness (QED) is 0.118. The van der Waals surface area contributed by atoms with Gasteiger partial charge in [0.05, 0.1) is 6.42 Å². The summed E-state index contributed by atoms with van der Waals surface area (Å²) in [6.45, 7) is 3.05. The van der Waals surface area contributed by atoms with Crippen LogP contribution >= 0.6 is 23.2 Å². The molecule has 0 aromatic heterocycles. The topological polar surface area (TPSA) is 91.2 Å². The number of rotatable bonds is 13.